The Labute approximate surface area is 183 Å². The SMILES string of the molecule is CCC[C@]1(C2CCN(Cc3cccc(Cl)c3)CC2)NC(=O)N(C[C@H]2CCCO2)C1=O. The van der Waals surface area contributed by atoms with E-state index in [9.17, 15) is 9.59 Å². The van der Waals surface area contributed by atoms with Gasteiger partial charge in [-0.15, -0.1) is 0 Å². The lowest BCUT2D eigenvalue weighted by molar-refractivity contribution is -0.135. The summed E-state index contributed by atoms with van der Waals surface area (Å²) in [6, 6.07) is 7.74. The number of hydrogen-bond acceptors (Lipinski definition) is 4. The van der Waals surface area contributed by atoms with Crippen LogP contribution in [0.1, 0.15) is 51.0 Å². The first kappa shape index (κ1) is 21.6. The molecular formula is C23H32ClN3O3. The number of nitrogens with one attached hydrogen (secondary N) is 1. The average Bonchev–Trinajstić information content (AvgIpc) is 3.32. The van der Waals surface area contributed by atoms with Crippen LogP contribution in [-0.2, 0) is 16.1 Å². The number of piperidine rings is 1. The van der Waals surface area contributed by atoms with E-state index in [0.717, 1.165) is 63.4 Å². The predicted molar refractivity (Wildman–Crippen MR) is 116 cm³/mol. The van der Waals surface area contributed by atoms with Gasteiger partial charge in [0, 0.05) is 18.2 Å². The Kier molecular flexibility index (Phi) is 6.66. The number of ether oxygens (including phenoxy) is 1. The molecule has 3 fully saturated rings. The zero-order chi connectivity index (χ0) is 21.1. The Morgan fingerprint density at radius 3 is 2.70 bits per heavy atom. The highest BCUT2D eigenvalue weighted by Gasteiger charge is 2.55. The van der Waals surface area contributed by atoms with E-state index in [1.807, 2.05) is 18.2 Å². The number of halogens is 1. The van der Waals surface area contributed by atoms with Crippen LogP contribution in [0.2, 0.25) is 5.02 Å². The van der Waals surface area contributed by atoms with Crippen molar-refractivity contribution < 1.29 is 14.3 Å². The number of imide groups is 1. The number of hydrogen-bond donors (Lipinski definition) is 1. The molecular weight excluding hydrogens is 402 g/mol. The van der Waals surface area contributed by atoms with Crippen LogP contribution in [0.4, 0.5) is 4.79 Å². The molecule has 164 valence electrons. The smallest absolute Gasteiger partial charge is 0.325 e. The second kappa shape index (κ2) is 9.25. The fourth-order valence-electron chi connectivity index (χ4n) is 5.32. The highest BCUT2D eigenvalue weighted by atomic mass is 35.5. The minimum Gasteiger partial charge on any atom is -0.376 e. The van der Waals surface area contributed by atoms with E-state index in [1.54, 1.807) is 0 Å². The lowest BCUT2D eigenvalue weighted by Gasteiger charge is -2.41. The summed E-state index contributed by atoms with van der Waals surface area (Å²) in [6.07, 6.45) is 5.26. The number of rotatable bonds is 7. The van der Waals surface area contributed by atoms with E-state index < -0.39 is 5.54 Å². The first-order valence-corrected chi connectivity index (χ1v) is 11.6. The molecule has 1 aromatic carbocycles. The van der Waals surface area contributed by atoms with Gasteiger partial charge in [0.2, 0.25) is 0 Å². The first-order chi connectivity index (χ1) is 14.5. The van der Waals surface area contributed by atoms with E-state index in [2.05, 4.69) is 23.2 Å². The average molecular weight is 434 g/mol. The molecule has 0 spiro atoms. The van der Waals surface area contributed by atoms with Crippen LogP contribution in [-0.4, -0.2) is 59.6 Å². The van der Waals surface area contributed by atoms with Crippen LogP contribution in [0.15, 0.2) is 24.3 Å². The Balaban J connectivity index is 1.41. The van der Waals surface area contributed by atoms with E-state index in [1.165, 1.54) is 10.5 Å². The van der Waals surface area contributed by atoms with Crippen molar-refractivity contribution in [3.8, 4) is 0 Å². The lowest BCUT2D eigenvalue weighted by atomic mass is 9.74. The molecule has 0 bridgehead atoms. The van der Waals surface area contributed by atoms with Gasteiger partial charge < -0.3 is 10.1 Å². The van der Waals surface area contributed by atoms with Crippen molar-refractivity contribution in [1.82, 2.24) is 15.1 Å². The molecule has 1 aromatic rings. The molecule has 0 saturated carbocycles. The number of likely N-dealkylation sites (tertiary alicyclic amines) is 1. The maximum Gasteiger partial charge on any atom is 0.325 e. The fraction of sp³-hybridized carbons (Fsp3) is 0.652. The summed E-state index contributed by atoms with van der Waals surface area (Å²) in [5.74, 6) is 0.122. The van der Waals surface area contributed by atoms with Crippen molar-refractivity contribution in [2.75, 3.05) is 26.2 Å². The summed E-state index contributed by atoms with van der Waals surface area (Å²) in [4.78, 5) is 30.1. The predicted octanol–water partition coefficient (Wildman–Crippen LogP) is 3.82. The maximum atomic E-state index is 13.5. The first-order valence-electron chi connectivity index (χ1n) is 11.2. The van der Waals surface area contributed by atoms with Crippen molar-refractivity contribution in [2.24, 2.45) is 5.92 Å². The molecule has 0 aliphatic carbocycles. The quantitative estimate of drug-likeness (QED) is 0.664. The van der Waals surface area contributed by atoms with Gasteiger partial charge in [-0.3, -0.25) is 14.6 Å². The summed E-state index contributed by atoms with van der Waals surface area (Å²) in [5.41, 5.74) is 0.448. The lowest BCUT2D eigenvalue weighted by Crippen LogP contribution is -2.56. The molecule has 2 atom stereocenters. The fourth-order valence-corrected chi connectivity index (χ4v) is 5.54. The zero-order valence-corrected chi connectivity index (χ0v) is 18.5. The molecule has 3 amide bonds. The Hall–Kier alpha value is -1.63. The third-order valence-corrected chi connectivity index (χ3v) is 7.07. The summed E-state index contributed by atoms with van der Waals surface area (Å²) in [5, 5.41) is 3.89. The summed E-state index contributed by atoms with van der Waals surface area (Å²) in [6.45, 7) is 5.87. The van der Waals surface area contributed by atoms with E-state index >= 15 is 0 Å². The topological polar surface area (TPSA) is 61.9 Å². The van der Waals surface area contributed by atoms with Crippen molar-refractivity contribution >= 4 is 23.5 Å². The van der Waals surface area contributed by atoms with Crippen molar-refractivity contribution in [3.63, 3.8) is 0 Å². The van der Waals surface area contributed by atoms with Gasteiger partial charge in [-0.2, -0.15) is 0 Å². The summed E-state index contributed by atoms with van der Waals surface area (Å²) in [7, 11) is 0. The van der Waals surface area contributed by atoms with Crippen LogP contribution < -0.4 is 5.32 Å². The molecule has 3 saturated heterocycles. The number of urea groups is 1. The molecule has 3 heterocycles. The van der Waals surface area contributed by atoms with E-state index in [4.69, 9.17) is 16.3 Å². The van der Waals surface area contributed by atoms with Crippen molar-refractivity contribution in [3.05, 3.63) is 34.9 Å². The van der Waals surface area contributed by atoms with E-state index in [0.29, 0.717) is 13.0 Å². The zero-order valence-electron chi connectivity index (χ0n) is 17.7. The van der Waals surface area contributed by atoms with Gasteiger partial charge in [0.1, 0.15) is 5.54 Å². The van der Waals surface area contributed by atoms with Crippen molar-refractivity contribution in [1.29, 1.82) is 0 Å². The van der Waals surface area contributed by atoms with Gasteiger partial charge in [0.25, 0.3) is 5.91 Å². The molecule has 6 nitrogen and oxygen atoms in total. The number of carbonyl (C=O) groups excluding carboxylic acids is 2. The number of amides is 3. The van der Waals surface area contributed by atoms with Crippen LogP contribution in [0.3, 0.4) is 0 Å². The third kappa shape index (κ3) is 4.36. The van der Waals surface area contributed by atoms with Crippen LogP contribution in [0.25, 0.3) is 0 Å². The van der Waals surface area contributed by atoms with Gasteiger partial charge in [0.15, 0.2) is 0 Å². The molecule has 30 heavy (non-hydrogen) atoms. The Morgan fingerprint density at radius 2 is 2.03 bits per heavy atom. The van der Waals surface area contributed by atoms with Crippen LogP contribution in [0, 0.1) is 5.92 Å². The molecule has 4 rings (SSSR count). The number of carbonyl (C=O) groups is 2. The highest BCUT2D eigenvalue weighted by molar-refractivity contribution is 6.30. The van der Waals surface area contributed by atoms with Crippen LogP contribution >= 0.6 is 11.6 Å². The standard InChI is InChI=1S/C23H32ClN3O3/c1-2-10-23(21(28)27(22(29)25-23)16-20-7-4-13-30-20)18-8-11-26(12-9-18)15-17-5-3-6-19(24)14-17/h3,5-6,14,18,20H,2,4,7-13,15-16H2,1H3,(H,25,29)/t20-,23-/m1/s1. The van der Waals surface area contributed by atoms with Gasteiger partial charge in [-0.1, -0.05) is 37.1 Å². The normalized spacial score (nSPS) is 28.3. The third-order valence-electron chi connectivity index (χ3n) is 6.84. The monoisotopic (exact) mass is 433 g/mol. The van der Waals surface area contributed by atoms with E-state index in [-0.39, 0.29) is 24.0 Å². The van der Waals surface area contributed by atoms with Gasteiger partial charge in [0.05, 0.1) is 12.6 Å². The second-order valence-electron chi connectivity index (χ2n) is 8.88. The Bertz CT molecular complexity index is 775. The molecule has 3 aliphatic rings. The van der Waals surface area contributed by atoms with Crippen molar-refractivity contribution in [2.45, 2.75) is 63.6 Å². The van der Waals surface area contributed by atoms with Crippen LogP contribution in [0.5, 0.6) is 0 Å². The number of benzene rings is 1. The van der Waals surface area contributed by atoms with Gasteiger partial charge >= 0.3 is 6.03 Å². The molecule has 0 radical (unpaired) electrons. The molecule has 0 aromatic heterocycles. The van der Waals surface area contributed by atoms with Gasteiger partial charge in [-0.05, 0) is 68.8 Å². The number of nitrogens with zero attached hydrogens (tertiary/aromatic N) is 2. The van der Waals surface area contributed by atoms with Gasteiger partial charge in [-0.25, -0.2) is 4.79 Å². The summed E-state index contributed by atoms with van der Waals surface area (Å²) >= 11 is 6.12. The molecule has 3 aliphatic heterocycles. The second-order valence-corrected chi connectivity index (χ2v) is 9.32. The Morgan fingerprint density at radius 1 is 1.23 bits per heavy atom. The highest BCUT2D eigenvalue weighted by Crippen LogP contribution is 2.37. The minimum atomic E-state index is -0.757. The maximum absolute atomic E-state index is 13.5. The largest absolute Gasteiger partial charge is 0.376 e. The molecule has 0 unspecified atom stereocenters. The minimum absolute atomic E-state index is 0.0170. The molecule has 7 heteroatoms. The summed E-state index contributed by atoms with van der Waals surface area (Å²) < 4.78 is 5.67. The molecule has 1 N–H and O–H groups in total.